The molecule has 1 aliphatic rings. The topological polar surface area (TPSA) is 63.1 Å². The maximum atomic E-state index is 12.5. The van der Waals surface area contributed by atoms with Gasteiger partial charge >= 0.3 is 0 Å². The Morgan fingerprint density at radius 3 is 1.25 bits per heavy atom. The highest BCUT2D eigenvalue weighted by atomic mass is 16.3. The quantitative estimate of drug-likeness (QED) is 0.166. The second-order valence-electron chi connectivity index (χ2n) is 17.7. The maximum Gasteiger partial charge on any atom is 0.159 e. The lowest BCUT2D eigenvalue weighted by Gasteiger charge is -2.12. The molecule has 6 aromatic rings. The minimum atomic E-state index is 0.0642. The van der Waals surface area contributed by atoms with Crippen molar-refractivity contribution in [3.63, 3.8) is 0 Å². The number of aliphatic hydroxyl groups excluding tert-OH is 1. The Hall–Kier alpha value is -5.09. The first-order chi connectivity index (χ1) is 30.1. The molecular formula is C57H68N2O2. The molecule has 2 heterocycles. The van der Waals surface area contributed by atoms with Gasteiger partial charge in [-0.3, -0.25) is 14.8 Å². The van der Waals surface area contributed by atoms with Gasteiger partial charge in [-0.05, 0) is 121 Å². The smallest absolute Gasteiger partial charge is 0.159 e. The Morgan fingerprint density at radius 2 is 0.770 bits per heavy atom. The number of fused-ring (bicyclic) bond motifs is 6. The van der Waals surface area contributed by atoms with Gasteiger partial charge in [0.25, 0.3) is 0 Å². The summed E-state index contributed by atoms with van der Waals surface area (Å²) < 4.78 is 0. The van der Waals surface area contributed by atoms with Gasteiger partial charge in [-0.1, -0.05) is 150 Å². The number of carbonyl (C=O) groups excluding carboxylic acids is 1. The largest absolute Gasteiger partial charge is 0.512 e. The average Bonchev–Trinajstić information content (AvgIpc) is 3.28. The number of rotatable bonds is 0. The average molecular weight is 813 g/mol. The Kier molecular flexibility index (Phi) is 17.1. The van der Waals surface area contributed by atoms with Gasteiger partial charge in [0, 0.05) is 53.2 Å². The Balaban J connectivity index is 0.968. The number of aromatic nitrogens is 2. The second-order valence-corrected chi connectivity index (χ2v) is 17.7. The van der Waals surface area contributed by atoms with E-state index in [1.807, 2.05) is 12.4 Å². The summed E-state index contributed by atoms with van der Waals surface area (Å²) in [6, 6.07) is 36.0. The molecule has 318 valence electrons. The second kappa shape index (κ2) is 23.8. The van der Waals surface area contributed by atoms with Crippen LogP contribution in [0.4, 0.5) is 0 Å². The van der Waals surface area contributed by atoms with Crippen LogP contribution in [0.1, 0.15) is 151 Å². The third kappa shape index (κ3) is 13.2. The molecule has 2 aromatic heterocycles. The lowest BCUT2D eigenvalue weighted by molar-refractivity contribution is -0.114. The fraction of sp³-hybridized carbons (Fsp3) is 0.421. The fourth-order valence-corrected chi connectivity index (χ4v) is 9.53. The summed E-state index contributed by atoms with van der Waals surface area (Å²) in [4.78, 5) is 22.3. The molecule has 4 aromatic carbocycles. The maximum absolute atomic E-state index is 12.5. The Bertz CT molecular complexity index is 2340. The number of pyridine rings is 2. The molecule has 4 heteroatoms. The van der Waals surface area contributed by atoms with E-state index in [0.717, 1.165) is 75.6 Å². The van der Waals surface area contributed by atoms with E-state index in [4.69, 9.17) is 9.97 Å². The zero-order chi connectivity index (χ0) is 41.9. The van der Waals surface area contributed by atoms with Crippen molar-refractivity contribution in [2.24, 2.45) is 0 Å². The van der Waals surface area contributed by atoms with Gasteiger partial charge in [0.05, 0.1) is 17.1 Å². The van der Waals surface area contributed by atoms with Crippen molar-refractivity contribution in [3.05, 3.63) is 144 Å². The molecular weight excluding hydrogens is 745 g/mol. The highest BCUT2D eigenvalue weighted by molar-refractivity contribution is 5.97. The standard InChI is InChI=1S/C57H68N2O2/c60-50-33-17-11-5-3-9-15-27-46-29-21-35-54-52(46)37-39-58-56(54)48-31-19-25-44(41-48)23-13-7-1-2-8-14-24-45-26-20-32-49(42-45)57-55-36-22-30-47(53(55)38-40-59-57)28-16-10-4-6-12-18-34-51(61)43-50/h19-22,25-26,29-32,35-43,60H,1-18,23-24,27-28,33-34H2. The van der Waals surface area contributed by atoms with Crippen LogP contribution in [0.3, 0.4) is 0 Å². The van der Waals surface area contributed by atoms with Gasteiger partial charge in [-0.25, -0.2) is 0 Å². The van der Waals surface area contributed by atoms with Gasteiger partial charge in [-0.2, -0.15) is 0 Å². The lowest BCUT2D eigenvalue weighted by atomic mass is 9.95. The minimum Gasteiger partial charge on any atom is -0.512 e. The SMILES string of the molecule is O=C1C=C(O)CCCCCCCCc2cccc3c(nccc23)-c2cccc(c2)CCCCCCCCc2cccc(c2)-c2nccc3c(cccc23)CCCCCCCC1. The third-order valence-corrected chi connectivity index (χ3v) is 13.0. The molecule has 7 rings (SSSR count). The van der Waals surface area contributed by atoms with Crippen molar-refractivity contribution in [2.45, 2.75) is 154 Å². The summed E-state index contributed by atoms with van der Waals surface area (Å²) in [5.41, 5.74) is 10.2. The van der Waals surface area contributed by atoms with Crippen molar-refractivity contribution < 1.29 is 9.90 Å². The number of hydrogen-bond donors (Lipinski definition) is 1. The first-order valence-corrected chi connectivity index (χ1v) is 24.0. The molecule has 0 atom stereocenters. The molecule has 1 aliphatic carbocycles. The van der Waals surface area contributed by atoms with Gasteiger partial charge < -0.3 is 5.11 Å². The van der Waals surface area contributed by atoms with E-state index in [9.17, 15) is 9.90 Å². The molecule has 0 saturated heterocycles. The number of ketones is 1. The number of nitrogens with zero attached hydrogens (tertiary/aromatic N) is 2. The van der Waals surface area contributed by atoms with E-state index in [0.29, 0.717) is 12.8 Å². The molecule has 0 amide bonds. The summed E-state index contributed by atoms with van der Waals surface area (Å²) >= 11 is 0. The summed E-state index contributed by atoms with van der Waals surface area (Å²) in [6.07, 6.45) is 31.9. The summed E-state index contributed by atoms with van der Waals surface area (Å²) in [5, 5.41) is 15.6. The highest BCUT2D eigenvalue weighted by Crippen LogP contribution is 2.32. The predicted octanol–water partition coefficient (Wildman–Crippen LogP) is 15.8. The van der Waals surface area contributed by atoms with Crippen LogP contribution in [0.5, 0.6) is 0 Å². The molecule has 61 heavy (non-hydrogen) atoms. The van der Waals surface area contributed by atoms with Crippen LogP contribution in [0.2, 0.25) is 0 Å². The van der Waals surface area contributed by atoms with Crippen molar-refractivity contribution in [1.29, 1.82) is 0 Å². The predicted molar refractivity (Wildman–Crippen MR) is 257 cm³/mol. The zero-order valence-electron chi connectivity index (χ0n) is 36.7. The van der Waals surface area contributed by atoms with Crippen molar-refractivity contribution in [3.8, 4) is 22.5 Å². The van der Waals surface area contributed by atoms with Gasteiger partial charge in [-0.15, -0.1) is 0 Å². The normalized spacial score (nSPS) is 17.1. The highest BCUT2D eigenvalue weighted by Gasteiger charge is 2.12. The van der Waals surface area contributed by atoms with Crippen molar-refractivity contribution in [1.82, 2.24) is 9.97 Å². The van der Waals surface area contributed by atoms with Gasteiger partial charge in [0.1, 0.15) is 0 Å². The van der Waals surface area contributed by atoms with Crippen molar-refractivity contribution >= 4 is 27.3 Å². The summed E-state index contributed by atoms with van der Waals surface area (Å²) in [6.45, 7) is 0. The number of aryl methyl sites for hydroxylation is 4. The third-order valence-electron chi connectivity index (χ3n) is 13.0. The Morgan fingerprint density at radius 1 is 0.377 bits per heavy atom. The van der Waals surface area contributed by atoms with E-state index >= 15 is 0 Å². The van der Waals surface area contributed by atoms with Crippen LogP contribution in [-0.2, 0) is 30.5 Å². The molecule has 0 unspecified atom stereocenters. The monoisotopic (exact) mass is 813 g/mol. The lowest BCUT2D eigenvalue weighted by Crippen LogP contribution is -1.96. The number of allylic oxidation sites excluding steroid dienone is 2. The molecule has 12 bridgehead atoms. The fourth-order valence-electron chi connectivity index (χ4n) is 9.53. The first kappa shape index (κ1) is 44.0. The van der Waals surface area contributed by atoms with Crippen LogP contribution < -0.4 is 0 Å². The van der Waals surface area contributed by atoms with E-state index in [1.165, 1.54) is 138 Å². The summed E-state index contributed by atoms with van der Waals surface area (Å²) in [5.74, 6) is 0.316. The number of carbonyl (C=O) groups is 1. The number of hydrogen-bond acceptors (Lipinski definition) is 4. The van der Waals surface area contributed by atoms with E-state index in [-0.39, 0.29) is 11.5 Å². The first-order valence-electron chi connectivity index (χ1n) is 24.0. The molecule has 0 aliphatic heterocycles. The van der Waals surface area contributed by atoms with E-state index in [2.05, 4.69) is 97.1 Å². The molecule has 0 spiro atoms. The van der Waals surface area contributed by atoms with Crippen LogP contribution in [0.25, 0.3) is 44.1 Å². The van der Waals surface area contributed by atoms with Gasteiger partial charge in [0.15, 0.2) is 5.78 Å². The van der Waals surface area contributed by atoms with E-state index in [1.54, 1.807) is 0 Å². The van der Waals surface area contributed by atoms with Crippen LogP contribution in [-0.4, -0.2) is 20.9 Å². The number of aliphatic hydroxyl groups is 1. The molecule has 0 fully saturated rings. The molecule has 1 N–H and O–H groups in total. The van der Waals surface area contributed by atoms with Crippen molar-refractivity contribution in [2.75, 3.05) is 0 Å². The van der Waals surface area contributed by atoms with Gasteiger partial charge in [0.2, 0.25) is 0 Å². The molecule has 0 radical (unpaired) electrons. The zero-order valence-corrected chi connectivity index (χ0v) is 36.7. The Labute approximate surface area is 366 Å². The van der Waals surface area contributed by atoms with Crippen LogP contribution in [0, 0.1) is 0 Å². The van der Waals surface area contributed by atoms with Crippen LogP contribution >= 0.6 is 0 Å². The van der Waals surface area contributed by atoms with Crippen LogP contribution in [0.15, 0.2) is 121 Å². The minimum absolute atomic E-state index is 0.0642. The van der Waals surface area contributed by atoms with E-state index < -0.39 is 0 Å². The molecule has 0 saturated carbocycles. The molecule has 4 nitrogen and oxygen atoms in total. The summed E-state index contributed by atoms with van der Waals surface area (Å²) in [7, 11) is 0. The number of benzene rings is 4.